The number of hydrogen-bond acceptors (Lipinski definition) is 5. The van der Waals surface area contributed by atoms with Crippen molar-refractivity contribution in [3.63, 3.8) is 0 Å². The Labute approximate surface area is 133 Å². The molecule has 1 unspecified atom stereocenters. The quantitative estimate of drug-likeness (QED) is 0.859. The van der Waals surface area contributed by atoms with Crippen LogP contribution >= 0.6 is 11.6 Å². The monoisotopic (exact) mass is 349 g/mol. The second kappa shape index (κ2) is 6.82. The molecule has 22 heavy (non-hydrogen) atoms. The molecule has 0 amide bonds. The van der Waals surface area contributed by atoms with E-state index in [0.29, 0.717) is 5.02 Å². The van der Waals surface area contributed by atoms with Crippen molar-refractivity contribution in [2.75, 3.05) is 26.8 Å². The molecule has 1 fully saturated rings. The molecule has 1 atom stereocenters. The van der Waals surface area contributed by atoms with Gasteiger partial charge in [-0.25, -0.2) is 8.42 Å². The molecule has 122 valence electrons. The summed E-state index contributed by atoms with van der Waals surface area (Å²) in [6.07, 6.45) is -0.914. The highest BCUT2D eigenvalue weighted by Gasteiger charge is 2.33. The molecule has 1 saturated heterocycles. The van der Waals surface area contributed by atoms with Gasteiger partial charge < -0.3 is 14.6 Å². The van der Waals surface area contributed by atoms with Crippen molar-refractivity contribution in [1.82, 2.24) is 4.31 Å². The molecule has 1 aromatic rings. The van der Waals surface area contributed by atoms with E-state index in [1.54, 1.807) is 0 Å². The number of morpholine rings is 1. The van der Waals surface area contributed by atoms with Crippen molar-refractivity contribution in [2.45, 2.75) is 17.4 Å². The normalized spacial score (nSPS) is 19.8. The van der Waals surface area contributed by atoms with Gasteiger partial charge in [0.05, 0.1) is 26.2 Å². The summed E-state index contributed by atoms with van der Waals surface area (Å²) in [5, 5.41) is 9.16. The summed E-state index contributed by atoms with van der Waals surface area (Å²) in [5.41, 5.74) is 0. The first-order chi connectivity index (χ1) is 10.3. The maximum Gasteiger partial charge on any atom is 0.306 e. The van der Waals surface area contributed by atoms with Crippen molar-refractivity contribution >= 4 is 27.6 Å². The van der Waals surface area contributed by atoms with Crippen LogP contribution in [0.3, 0.4) is 0 Å². The molecule has 2 rings (SSSR count). The van der Waals surface area contributed by atoms with E-state index in [9.17, 15) is 13.2 Å². The molecule has 1 N–H and O–H groups in total. The highest BCUT2D eigenvalue weighted by Crippen LogP contribution is 2.30. The van der Waals surface area contributed by atoms with Gasteiger partial charge in [0.15, 0.2) is 0 Å². The highest BCUT2D eigenvalue weighted by molar-refractivity contribution is 7.89. The van der Waals surface area contributed by atoms with Crippen LogP contribution in [0.2, 0.25) is 5.02 Å². The number of carboxylic acids is 1. The number of methoxy groups -OCH3 is 1. The largest absolute Gasteiger partial charge is 0.495 e. The van der Waals surface area contributed by atoms with E-state index in [-0.39, 0.29) is 36.8 Å². The number of carboxylic acid groups (broad SMARTS) is 1. The Hall–Kier alpha value is -1.35. The number of aliphatic carboxylic acids is 1. The maximum atomic E-state index is 12.7. The van der Waals surface area contributed by atoms with Crippen LogP contribution < -0.4 is 4.74 Å². The lowest BCUT2D eigenvalue weighted by atomic mass is 10.2. The minimum absolute atomic E-state index is 0.00428. The third-order valence-electron chi connectivity index (χ3n) is 3.25. The Morgan fingerprint density at radius 3 is 2.91 bits per heavy atom. The number of halogens is 1. The summed E-state index contributed by atoms with van der Waals surface area (Å²) in [4.78, 5) is 10.7. The minimum Gasteiger partial charge on any atom is -0.495 e. The van der Waals surface area contributed by atoms with Gasteiger partial charge in [-0.05, 0) is 12.1 Å². The third kappa shape index (κ3) is 3.70. The maximum absolute atomic E-state index is 12.7. The highest BCUT2D eigenvalue weighted by atomic mass is 35.5. The van der Waals surface area contributed by atoms with Gasteiger partial charge in [0.2, 0.25) is 10.0 Å². The molecular weight excluding hydrogens is 334 g/mol. The Bertz CT molecular complexity index is 662. The van der Waals surface area contributed by atoms with Crippen molar-refractivity contribution in [1.29, 1.82) is 0 Å². The molecule has 0 bridgehead atoms. The Balaban J connectivity index is 2.28. The average Bonchev–Trinajstić information content (AvgIpc) is 2.46. The summed E-state index contributed by atoms with van der Waals surface area (Å²) in [5.74, 6) is -0.887. The minimum atomic E-state index is -3.81. The topological polar surface area (TPSA) is 93.1 Å². The van der Waals surface area contributed by atoms with E-state index in [4.69, 9.17) is 26.2 Å². The summed E-state index contributed by atoms with van der Waals surface area (Å²) >= 11 is 5.84. The molecule has 0 aliphatic carbocycles. The van der Waals surface area contributed by atoms with Gasteiger partial charge in [0, 0.05) is 24.2 Å². The molecule has 1 aliphatic heterocycles. The number of sulfonamides is 1. The lowest BCUT2D eigenvalue weighted by molar-refractivity contribution is -0.141. The van der Waals surface area contributed by atoms with Crippen LogP contribution in [0.1, 0.15) is 6.42 Å². The molecule has 0 aromatic heterocycles. The Kier molecular flexibility index (Phi) is 5.28. The van der Waals surface area contributed by atoms with E-state index in [1.807, 2.05) is 0 Å². The Morgan fingerprint density at radius 1 is 1.55 bits per heavy atom. The standard InChI is InChI=1S/C13H16ClNO6S/c1-20-11-6-9(14)2-3-12(11)22(18,19)15-4-5-21-10(8-15)7-13(16)17/h2-3,6,10H,4-5,7-8H2,1H3,(H,16,17). The first-order valence-electron chi connectivity index (χ1n) is 6.51. The fourth-order valence-corrected chi connectivity index (χ4v) is 3.98. The van der Waals surface area contributed by atoms with Gasteiger partial charge in [-0.3, -0.25) is 4.79 Å². The molecule has 1 aromatic carbocycles. The SMILES string of the molecule is COc1cc(Cl)ccc1S(=O)(=O)N1CCOC(CC(=O)O)C1. The molecule has 1 heterocycles. The van der Waals surface area contributed by atoms with Crippen LogP contribution in [0.15, 0.2) is 23.1 Å². The summed E-state index contributed by atoms with van der Waals surface area (Å²) in [7, 11) is -2.46. The lowest BCUT2D eigenvalue weighted by Gasteiger charge is -2.31. The smallest absolute Gasteiger partial charge is 0.306 e. The van der Waals surface area contributed by atoms with Gasteiger partial charge in [-0.1, -0.05) is 11.6 Å². The van der Waals surface area contributed by atoms with Crippen LogP contribution in [-0.4, -0.2) is 56.7 Å². The first kappa shape index (κ1) is 17.0. The molecule has 1 aliphatic rings. The van der Waals surface area contributed by atoms with Crippen molar-refractivity contribution in [3.8, 4) is 5.75 Å². The van der Waals surface area contributed by atoms with Gasteiger partial charge in [-0.15, -0.1) is 0 Å². The van der Waals surface area contributed by atoms with Crippen LogP contribution in [0.5, 0.6) is 5.75 Å². The van der Waals surface area contributed by atoms with Gasteiger partial charge in [-0.2, -0.15) is 4.31 Å². The van der Waals surface area contributed by atoms with Crippen LogP contribution in [0.25, 0.3) is 0 Å². The van der Waals surface area contributed by atoms with E-state index in [2.05, 4.69) is 0 Å². The summed E-state index contributed by atoms with van der Waals surface area (Å²) in [6.45, 7) is 0.289. The van der Waals surface area contributed by atoms with E-state index in [0.717, 1.165) is 0 Å². The lowest BCUT2D eigenvalue weighted by Crippen LogP contribution is -2.46. The first-order valence-corrected chi connectivity index (χ1v) is 8.33. The molecule has 9 heteroatoms. The van der Waals surface area contributed by atoms with Gasteiger partial charge in [0.25, 0.3) is 0 Å². The van der Waals surface area contributed by atoms with Gasteiger partial charge in [0.1, 0.15) is 10.6 Å². The molecule has 7 nitrogen and oxygen atoms in total. The average molecular weight is 350 g/mol. The zero-order valence-corrected chi connectivity index (χ0v) is 13.4. The van der Waals surface area contributed by atoms with Crippen LogP contribution in [0.4, 0.5) is 0 Å². The zero-order chi connectivity index (χ0) is 16.3. The van der Waals surface area contributed by atoms with Gasteiger partial charge >= 0.3 is 5.97 Å². The third-order valence-corrected chi connectivity index (χ3v) is 5.39. The summed E-state index contributed by atoms with van der Waals surface area (Å²) in [6, 6.07) is 4.26. The van der Waals surface area contributed by atoms with Crippen molar-refractivity contribution < 1.29 is 27.8 Å². The number of rotatable bonds is 5. The molecule has 0 saturated carbocycles. The van der Waals surface area contributed by atoms with Crippen LogP contribution in [0, 0.1) is 0 Å². The molecular formula is C13H16ClNO6S. The molecule has 0 radical (unpaired) electrons. The van der Waals surface area contributed by atoms with Crippen molar-refractivity contribution in [2.24, 2.45) is 0 Å². The Morgan fingerprint density at radius 2 is 2.27 bits per heavy atom. The van der Waals surface area contributed by atoms with Crippen LogP contribution in [-0.2, 0) is 19.6 Å². The second-order valence-electron chi connectivity index (χ2n) is 4.75. The molecule has 0 spiro atoms. The number of nitrogens with zero attached hydrogens (tertiary/aromatic N) is 1. The predicted molar refractivity (Wildman–Crippen MR) is 78.8 cm³/mol. The fourth-order valence-electron chi connectivity index (χ4n) is 2.22. The second-order valence-corrected chi connectivity index (χ2v) is 7.09. The predicted octanol–water partition coefficient (Wildman–Crippen LogP) is 1.21. The zero-order valence-electron chi connectivity index (χ0n) is 11.9. The summed E-state index contributed by atoms with van der Waals surface area (Å²) < 4.78 is 37.0. The number of ether oxygens (including phenoxy) is 2. The van der Waals surface area contributed by atoms with Crippen molar-refractivity contribution in [3.05, 3.63) is 23.2 Å². The fraction of sp³-hybridized carbons (Fsp3) is 0.462. The number of benzene rings is 1. The van der Waals surface area contributed by atoms with E-state index >= 15 is 0 Å². The van der Waals surface area contributed by atoms with E-state index in [1.165, 1.54) is 29.6 Å². The number of hydrogen-bond donors (Lipinski definition) is 1. The van der Waals surface area contributed by atoms with E-state index < -0.39 is 22.1 Å². The number of carbonyl (C=O) groups is 1.